The number of halogens is 2. The zero-order chi connectivity index (χ0) is 12.4. The van der Waals surface area contributed by atoms with Gasteiger partial charge in [-0.05, 0) is 37.6 Å². The topological polar surface area (TPSA) is 39.9 Å². The molecule has 0 saturated heterocycles. The Morgan fingerprint density at radius 3 is 2.71 bits per heavy atom. The van der Waals surface area contributed by atoms with Crippen molar-refractivity contribution in [2.75, 3.05) is 6.61 Å². The summed E-state index contributed by atoms with van der Waals surface area (Å²) in [6, 6.07) is 4.60. The number of ether oxygens (including phenoxy) is 1. The van der Waals surface area contributed by atoms with E-state index in [-0.39, 0.29) is 11.0 Å². The summed E-state index contributed by atoms with van der Waals surface area (Å²) in [6.07, 6.45) is 0. The highest BCUT2D eigenvalue weighted by atomic mass is 35.5. The fourth-order valence-corrected chi connectivity index (χ4v) is 1.79. The van der Waals surface area contributed by atoms with Gasteiger partial charge in [-0.25, -0.2) is 4.39 Å². The highest BCUT2D eigenvalue weighted by molar-refractivity contribution is 6.28. The molecule has 1 heterocycles. The van der Waals surface area contributed by atoms with Crippen LogP contribution in [0.4, 0.5) is 4.39 Å². The fraction of sp³-hybridized carbons (Fsp3) is 0.273. The number of hydrogen-bond donors (Lipinski definition) is 0. The van der Waals surface area contributed by atoms with Crippen LogP contribution in [-0.2, 0) is 0 Å². The van der Waals surface area contributed by atoms with E-state index in [0.717, 1.165) is 0 Å². The van der Waals surface area contributed by atoms with E-state index in [4.69, 9.17) is 16.3 Å². The summed E-state index contributed by atoms with van der Waals surface area (Å²) in [5.41, 5.74) is 0.568. The second-order valence-electron chi connectivity index (χ2n) is 3.40. The molecule has 0 bridgehead atoms. The van der Waals surface area contributed by atoms with Gasteiger partial charge < -0.3 is 4.74 Å². The molecule has 1 aromatic carbocycles. The van der Waals surface area contributed by atoms with E-state index in [1.54, 1.807) is 30.5 Å². The van der Waals surface area contributed by atoms with E-state index in [1.807, 2.05) is 0 Å². The van der Waals surface area contributed by atoms with Crippen LogP contribution in [0.15, 0.2) is 18.2 Å². The van der Waals surface area contributed by atoms with Crippen LogP contribution in [0.3, 0.4) is 0 Å². The predicted octanol–water partition coefficient (Wildman–Crippen LogP) is 2.77. The predicted molar refractivity (Wildman–Crippen MR) is 62.2 cm³/mol. The van der Waals surface area contributed by atoms with Crippen LogP contribution < -0.4 is 4.74 Å². The van der Waals surface area contributed by atoms with Crippen molar-refractivity contribution >= 4 is 11.6 Å². The van der Waals surface area contributed by atoms with Gasteiger partial charge in [-0.1, -0.05) is 0 Å². The minimum Gasteiger partial charge on any atom is -0.491 e. The summed E-state index contributed by atoms with van der Waals surface area (Å²) in [7, 11) is 0. The molecule has 0 unspecified atom stereocenters. The highest BCUT2D eigenvalue weighted by Crippen LogP contribution is 2.23. The first kappa shape index (κ1) is 11.9. The normalized spacial score (nSPS) is 10.6. The lowest BCUT2D eigenvalue weighted by Crippen LogP contribution is -2.00. The Kier molecular flexibility index (Phi) is 3.28. The number of rotatable bonds is 3. The van der Waals surface area contributed by atoms with Gasteiger partial charge in [-0.3, -0.25) is 4.57 Å². The molecular weight excluding hydrogens is 245 g/mol. The molecule has 0 aliphatic carbocycles. The molecule has 4 nitrogen and oxygen atoms in total. The van der Waals surface area contributed by atoms with Crippen LogP contribution in [-0.4, -0.2) is 21.4 Å². The van der Waals surface area contributed by atoms with Crippen LogP contribution in [0.25, 0.3) is 5.69 Å². The summed E-state index contributed by atoms with van der Waals surface area (Å²) in [6.45, 7) is 3.96. The summed E-state index contributed by atoms with van der Waals surface area (Å²) in [5.74, 6) is 0.380. The third kappa shape index (κ3) is 2.24. The first-order chi connectivity index (χ1) is 8.13. The number of aromatic nitrogens is 3. The first-order valence-corrected chi connectivity index (χ1v) is 5.51. The smallest absolute Gasteiger partial charge is 0.229 e. The molecule has 0 atom stereocenters. The minimum absolute atomic E-state index is 0.200. The molecule has 0 aliphatic rings. The van der Waals surface area contributed by atoms with Gasteiger partial charge in [0.25, 0.3) is 0 Å². The number of benzene rings is 1. The van der Waals surface area contributed by atoms with Gasteiger partial charge in [-0.2, -0.15) is 0 Å². The Bertz CT molecular complexity index is 522. The summed E-state index contributed by atoms with van der Waals surface area (Å²) >= 11 is 5.87. The first-order valence-electron chi connectivity index (χ1n) is 5.13. The molecule has 0 radical (unpaired) electrons. The molecule has 6 heteroatoms. The van der Waals surface area contributed by atoms with Gasteiger partial charge in [-0.15, -0.1) is 10.2 Å². The van der Waals surface area contributed by atoms with Crippen molar-refractivity contribution in [3.63, 3.8) is 0 Å². The number of aryl methyl sites for hydroxylation is 1. The van der Waals surface area contributed by atoms with Crippen molar-refractivity contribution in [2.45, 2.75) is 13.8 Å². The Labute approximate surface area is 103 Å². The molecule has 2 aromatic rings. The monoisotopic (exact) mass is 255 g/mol. The molecule has 0 aliphatic heterocycles. The molecule has 2 rings (SSSR count). The van der Waals surface area contributed by atoms with Gasteiger partial charge in [0.2, 0.25) is 5.28 Å². The molecule has 0 N–H and O–H groups in total. The largest absolute Gasteiger partial charge is 0.491 e. The fourth-order valence-electron chi connectivity index (χ4n) is 1.53. The molecule has 90 valence electrons. The number of nitrogens with zero attached hydrogens (tertiary/aromatic N) is 3. The standard InChI is InChI=1S/C11H11ClFN3O/c1-3-17-10-5-4-8(6-9(10)13)16-7(2)14-15-11(16)12/h4-6H,3H2,1-2H3. The van der Waals surface area contributed by atoms with Crippen LogP contribution in [0, 0.1) is 12.7 Å². The molecule has 0 amide bonds. The van der Waals surface area contributed by atoms with Crippen molar-refractivity contribution in [3.8, 4) is 11.4 Å². The molecule has 1 aromatic heterocycles. The van der Waals surface area contributed by atoms with Crippen molar-refractivity contribution in [1.29, 1.82) is 0 Å². The van der Waals surface area contributed by atoms with Crippen molar-refractivity contribution < 1.29 is 9.13 Å². The Hall–Kier alpha value is -1.62. The van der Waals surface area contributed by atoms with Crippen LogP contribution in [0.5, 0.6) is 5.75 Å². The van der Waals surface area contributed by atoms with E-state index in [9.17, 15) is 4.39 Å². The van der Waals surface area contributed by atoms with Gasteiger partial charge >= 0.3 is 0 Å². The zero-order valence-electron chi connectivity index (χ0n) is 9.44. The van der Waals surface area contributed by atoms with Crippen LogP contribution >= 0.6 is 11.6 Å². The van der Waals surface area contributed by atoms with Crippen LogP contribution in [0.2, 0.25) is 5.28 Å². The van der Waals surface area contributed by atoms with Crippen LogP contribution in [0.1, 0.15) is 12.7 Å². The molecule has 17 heavy (non-hydrogen) atoms. The van der Waals surface area contributed by atoms with E-state index in [0.29, 0.717) is 18.1 Å². The van der Waals surface area contributed by atoms with Gasteiger partial charge in [0.05, 0.1) is 12.3 Å². The third-order valence-corrected chi connectivity index (χ3v) is 2.50. The molecule has 0 spiro atoms. The Balaban J connectivity index is 2.45. The van der Waals surface area contributed by atoms with E-state index in [2.05, 4.69) is 10.2 Å². The maximum Gasteiger partial charge on any atom is 0.229 e. The van der Waals surface area contributed by atoms with Gasteiger partial charge in [0.15, 0.2) is 11.6 Å². The third-order valence-electron chi connectivity index (χ3n) is 2.26. The average molecular weight is 256 g/mol. The van der Waals surface area contributed by atoms with E-state index >= 15 is 0 Å². The average Bonchev–Trinajstić information content (AvgIpc) is 2.62. The SMILES string of the molecule is CCOc1ccc(-n2c(C)nnc2Cl)cc1F. The molecule has 0 saturated carbocycles. The summed E-state index contributed by atoms with van der Waals surface area (Å²) < 4.78 is 20.3. The maximum absolute atomic E-state index is 13.7. The van der Waals surface area contributed by atoms with E-state index in [1.165, 1.54) is 6.07 Å². The summed E-state index contributed by atoms with van der Waals surface area (Å²) in [4.78, 5) is 0. The quantitative estimate of drug-likeness (QED) is 0.847. The summed E-state index contributed by atoms with van der Waals surface area (Å²) in [5, 5.41) is 7.71. The van der Waals surface area contributed by atoms with Crippen molar-refractivity contribution in [2.24, 2.45) is 0 Å². The lowest BCUT2D eigenvalue weighted by Gasteiger charge is -2.08. The Morgan fingerprint density at radius 2 is 2.18 bits per heavy atom. The highest BCUT2D eigenvalue weighted by Gasteiger charge is 2.11. The lowest BCUT2D eigenvalue weighted by atomic mass is 10.3. The van der Waals surface area contributed by atoms with E-state index < -0.39 is 5.82 Å². The van der Waals surface area contributed by atoms with Crippen molar-refractivity contribution in [1.82, 2.24) is 14.8 Å². The van der Waals surface area contributed by atoms with Crippen molar-refractivity contribution in [3.05, 3.63) is 35.1 Å². The second-order valence-corrected chi connectivity index (χ2v) is 3.74. The van der Waals surface area contributed by atoms with Gasteiger partial charge in [0, 0.05) is 6.07 Å². The second kappa shape index (κ2) is 4.71. The zero-order valence-corrected chi connectivity index (χ0v) is 10.2. The maximum atomic E-state index is 13.7. The minimum atomic E-state index is -0.437. The van der Waals surface area contributed by atoms with Gasteiger partial charge in [0.1, 0.15) is 5.82 Å². The lowest BCUT2D eigenvalue weighted by molar-refractivity contribution is 0.321. The molecule has 0 fully saturated rings. The Morgan fingerprint density at radius 1 is 1.41 bits per heavy atom. The number of hydrogen-bond acceptors (Lipinski definition) is 3. The molecular formula is C11H11ClFN3O.